The average molecular weight is 708 g/mol. The maximum absolute atomic E-state index is 12.6. The van der Waals surface area contributed by atoms with E-state index in [4.69, 9.17) is 18.9 Å². The van der Waals surface area contributed by atoms with Gasteiger partial charge in [0.2, 0.25) is 23.6 Å². The fourth-order valence-electron chi connectivity index (χ4n) is 4.03. The molecule has 0 radical (unpaired) electrons. The molecule has 0 fully saturated rings. The van der Waals surface area contributed by atoms with Crippen LogP contribution in [-0.4, -0.2) is 100 Å². The minimum Gasteiger partial charge on any atom is -0.379 e. The molecule has 0 saturated heterocycles. The first-order valence-electron chi connectivity index (χ1n) is 15.4. The summed E-state index contributed by atoms with van der Waals surface area (Å²) in [6, 6.07) is 14.3. The van der Waals surface area contributed by atoms with Crippen molar-refractivity contribution in [2.24, 2.45) is 0 Å². The molecule has 2 rings (SSSR count). The molecule has 4 amide bonds. The topological polar surface area (TPSA) is 153 Å². The van der Waals surface area contributed by atoms with Gasteiger partial charge in [-0.25, -0.2) is 0 Å². The van der Waals surface area contributed by atoms with E-state index < -0.39 is 18.0 Å². The van der Waals surface area contributed by atoms with E-state index in [9.17, 15) is 19.2 Å². The number of hydrogen-bond donors (Lipinski definition) is 4. The van der Waals surface area contributed by atoms with Gasteiger partial charge in [-0.3, -0.25) is 19.2 Å². The van der Waals surface area contributed by atoms with Crippen LogP contribution in [0.1, 0.15) is 37.0 Å². The number of carbonyl (C=O) groups is 4. The number of halogens is 1. The normalized spacial score (nSPS) is 12.2. The van der Waals surface area contributed by atoms with Gasteiger partial charge in [-0.2, -0.15) is 0 Å². The number of hydrogen-bond acceptors (Lipinski definition) is 8. The predicted molar refractivity (Wildman–Crippen MR) is 179 cm³/mol. The lowest BCUT2D eigenvalue weighted by atomic mass is 10.0. The number of nitrogens with one attached hydrogen (secondary N) is 4. The fourth-order valence-corrected chi connectivity index (χ4v) is 4.23. The van der Waals surface area contributed by atoms with Crippen LogP contribution >= 0.6 is 15.9 Å². The zero-order chi connectivity index (χ0) is 33.6. The number of aryl methyl sites for hydroxylation is 1. The Morgan fingerprint density at radius 1 is 0.696 bits per heavy atom. The van der Waals surface area contributed by atoms with Gasteiger partial charge in [-0.1, -0.05) is 57.9 Å². The summed E-state index contributed by atoms with van der Waals surface area (Å²) in [7, 11) is 0. The first-order valence-corrected chi connectivity index (χ1v) is 16.5. The highest BCUT2D eigenvalue weighted by Gasteiger charge is 2.21. The van der Waals surface area contributed by atoms with Crippen LogP contribution in [0.25, 0.3) is 0 Å². The molecule has 4 N–H and O–H groups in total. The van der Waals surface area contributed by atoms with Crippen molar-refractivity contribution < 1.29 is 38.1 Å². The number of ether oxygens (including phenoxy) is 4. The molecule has 0 spiro atoms. The molecule has 0 aromatic heterocycles. The zero-order valence-corrected chi connectivity index (χ0v) is 28.5. The van der Waals surface area contributed by atoms with Crippen LogP contribution in [0.15, 0.2) is 48.5 Å². The number of carbonyl (C=O) groups excluding carboxylic acids is 4. The van der Waals surface area contributed by atoms with Gasteiger partial charge in [0.25, 0.3) is 0 Å². The smallest absolute Gasteiger partial charge is 0.246 e. The minimum atomic E-state index is -0.822. The molecule has 0 aliphatic rings. The van der Waals surface area contributed by atoms with E-state index in [0.717, 1.165) is 12.0 Å². The molecule has 254 valence electrons. The summed E-state index contributed by atoms with van der Waals surface area (Å²) in [6.07, 6.45) is 0.876. The number of amides is 4. The van der Waals surface area contributed by atoms with Crippen LogP contribution < -0.4 is 21.3 Å². The Bertz CT molecular complexity index is 1210. The lowest BCUT2D eigenvalue weighted by Gasteiger charge is -2.18. The van der Waals surface area contributed by atoms with Crippen molar-refractivity contribution in [3.05, 3.63) is 65.2 Å². The molecule has 2 aromatic rings. The maximum Gasteiger partial charge on any atom is 0.246 e. The van der Waals surface area contributed by atoms with Crippen molar-refractivity contribution >= 4 is 45.2 Å². The van der Waals surface area contributed by atoms with Crippen LogP contribution in [0.4, 0.5) is 5.69 Å². The monoisotopic (exact) mass is 706 g/mol. The lowest BCUT2D eigenvalue weighted by Crippen LogP contribution is -2.50. The Hall–Kier alpha value is -3.36. The van der Waals surface area contributed by atoms with E-state index in [-0.39, 0.29) is 36.1 Å². The van der Waals surface area contributed by atoms with E-state index in [2.05, 4.69) is 62.3 Å². The van der Waals surface area contributed by atoms with Crippen molar-refractivity contribution in [1.82, 2.24) is 16.0 Å². The van der Waals surface area contributed by atoms with Gasteiger partial charge >= 0.3 is 0 Å². The van der Waals surface area contributed by atoms with Gasteiger partial charge in [-0.15, -0.1) is 0 Å². The average Bonchev–Trinajstić information content (AvgIpc) is 3.03. The van der Waals surface area contributed by atoms with Crippen LogP contribution in [0.3, 0.4) is 0 Å². The molecule has 0 aliphatic carbocycles. The molecule has 0 unspecified atom stereocenters. The van der Waals surface area contributed by atoms with E-state index in [1.54, 1.807) is 13.8 Å². The lowest BCUT2D eigenvalue weighted by molar-refractivity contribution is -0.130. The second-order valence-electron chi connectivity index (χ2n) is 10.6. The van der Waals surface area contributed by atoms with Crippen LogP contribution in [0.2, 0.25) is 0 Å². The second kappa shape index (κ2) is 23.0. The highest BCUT2D eigenvalue weighted by molar-refractivity contribution is 9.09. The highest BCUT2D eigenvalue weighted by Crippen LogP contribution is 2.15. The molecule has 2 atom stereocenters. The van der Waals surface area contributed by atoms with E-state index in [1.165, 1.54) is 11.1 Å². The molecular weight excluding hydrogens is 660 g/mol. The molecule has 46 heavy (non-hydrogen) atoms. The Morgan fingerprint density at radius 3 is 1.89 bits per heavy atom. The van der Waals surface area contributed by atoms with E-state index >= 15 is 0 Å². The number of rotatable bonds is 23. The first kappa shape index (κ1) is 38.8. The van der Waals surface area contributed by atoms with Crippen LogP contribution in [0, 0.1) is 6.92 Å². The fraction of sp³-hybridized carbons (Fsp3) is 0.515. The predicted octanol–water partition coefficient (Wildman–Crippen LogP) is 2.50. The summed E-state index contributed by atoms with van der Waals surface area (Å²) in [5.74, 6) is -1.25. The van der Waals surface area contributed by atoms with Crippen LogP contribution in [0.5, 0.6) is 0 Å². The van der Waals surface area contributed by atoms with Crippen molar-refractivity contribution in [2.75, 3.05) is 70.0 Å². The summed E-state index contributed by atoms with van der Waals surface area (Å²) in [4.78, 5) is 48.4. The Labute approximate surface area is 279 Å². The first-order chi connectivity index (χ1) is 22.2. The van der Waals surface area contributed by atoms with Gasteiger partial charge in [0.05, 0.1) is 58.2 Å². The molecule has 0 heterocycles. The highest BCUT2D eigenvalue weighted by atomic mass is 79.9. The van der Waals surface area contributed by atoms with Crippen molar-refractivity contribution in [1.29, 1.82) is 0 Å². The standard InChI is InChI=1S/C33H47BrN4O8/c1-24-5-4-6-28(21-24)22-27-7-9-29(10-8-27)38-33(42)26(3)37-32(41)25(2)36-30(39)11-13-43-15-17-45-19-20-46-18-16-44-14-12-35-31(40)23-34/h4-10,21,25-26H,11-20,22-23H2,1-3H3,(H,35,40)(H,36,39)(H,37,41)(H,38,42)/t25-,26-/m0/s1. The summed E-state index contributed by atoms with van der Waals surface area (Å²) < 4.78 is 21.6. The van der Waals surface area contributed by atoms with Gasteiger partial charge in [0.15, 0.2) is 0 Å². The summed E-state index contributed by atoms with van der Waals surface area (Å²) in [6.45, 7) is 8.58. The van der Waals surface area contributed by atoms with Gasteiger partial charge in [-0.05, 0) is 50.5 Å². The maximum atomic E-state index is 12.6. The quantitative estimate of drug-likeness (QED) is 0.102. The van der Waals surface area contributed by atoms with Crippen LogP contribution in [-0.2, 0) is 44.5 Å². The number of anilines is 1. The molecule has 12 nitrogen and oxygen atoms in total. The van der Waals surface area contributed by atoms with Crippen molar-refractivity contribution in [3.8, 4) is 0 Å². The SMILES string of the molecule is Cc1cccc(Cc2ccc(NC(=O)[C@H](C)NC(=O)[C@H](C)NC(=O)CCOCCOCCOCCOCCNC(=O)CBr)cc2)c1. The second-order valence-corrected chi connectivity index (χ2v) is 11.1. The summed E-state index contributed by atoms with van der Waals surface area (Å²) in [5, 5.41) is 11.0. The summed E-state index contributed by atoms with van der Waals surface area (Å²) in [5.41, 5.74) is 4.18. The molecule has 13 heteroatoms. The third-order valence-corrected chi connectivity index (χ3v) is 7.02. The van der Waals surface area contributed by atoms with Gasteiger partial charge in [0.1, 0.15) is 12.1 Å². The van der Waals surface area contributed by atoms with E-state index in [0.29, 0.717) is 58.5 Å². The molecule has 0 saturated carbocycles. The zero-order valence-electron chi connectivity index (χ0n) is 26.9. The molecule has 2 aromatic carbocycles. The minimum absolute atomic E-state index is 0.0798. The third-order valence-electron chi connectivity index (χ3n) is 6.51. The van der Waals surface area contributed by atoms with Gasteiger partial charge in [0, 0.05) is 18.7 Å². The third kappa shape index (κ3) is 17.4. The van der Waals surface area contributed by atoms with E-state index in [1.807, 2.05) is 30.3 Å². The molecular formula is C33H47BrN4O8. The van der Waals surface area contributed by atoms with Crippen molar-refractivity contribution in [3.63, 3.8) is 0 Å². The largest absolute Gasteiger partial charge is 0.379 e. The Morgan fingerprint density at radius 2 is 1.28 bits per heavy atom. The molecule has 0 aliphatic heterocycles. The number of alkyl halides is 1. The summed E-state index contributed by atoms with van der Waals surface area (Å²) >= 11 is 3.07. The Kier molecular flexibility index (Phi) is 19.4. The molecule has 0 bridgehead atoms. The van der Waals surface area contributed by atoms with Crippen molar-refractivity contribution in [2.45, 2.75) is 45.7 Å². The van der Waals surface area contributed by atoms with Gasteiger partial charge < -0.3 is 40.2 Å². The Balaban J connectivity index is 1.49. The number of benzene rings is 2.